The Morgan fingerprint density at radius 1 is 1.32 bits per heavy atom. The van der Waals surface area contributed by atoms with Gasteiger partial charge in [0.1, 0.15) is 5.00 Å². The average molecular weight is 409 g/mol. The van der Waals surface area contributed by atoms with Crippen molar-refractivity contribution in [1.29, 1.82) is 0 Å². The summed E-state index contributed by atoms with van der Waals surface area (Å²) in [6, 6.07) is 4.28. The van der Waals surface area contributed by atoms with Gasteiger partial charge in [0.05, 0.1) is 24.3 Å². The number of carbonyl (C=O) groups excluding carboxylic acids is 1. The maximum atomic E-state index is 12.9. The Morgan fingerprint density at radius 2 is 2.14 bits per heavy atom. The maximum Gasteiger partial charge on any atom is 0.416 e. The van der Waals surface area contributed by atoms with Crippen molar-refractivity contribution in [1.82, 2.24) is 10.1 Å². The monoisotopic (exact) mass is 409 g/mol. The Morgan fingerprint density at radius 3 is 2.86 bits per heavy atom. The number of halogens is 3. The number of aryl methyl sites for hydroxylation is 1. The van der Waals surface area contributed by atoms with Crippen molar-refractivity contribution in [3.63, 3.8) is 0 Å². The summed E-state index contributed by atoms with van der Waals surface area (Å²) in [6.07, 6.45) is -3.91. The van der Waals surface area contributed by atoms with E-state index >= 15 is 0 Å². The molecule has 1 amide bonds. The Bertz CT molecular complexity index is 1040. The maximum absolute atomic E-state index is 12.9. The number of amides is 1. The Kier molecular flexibility index (Phi) is 4.68. The van der Waals surface area contributed by atoms with E-state index < -0.39 is 17.6 Å². The molecule has 2 aromatic heterocycles. The number of aromatic nitrogens is 2. The lowest BCUT2D eigenvalue weighted by Gasteiger charge is -2.12. The smallest absolute Gasteiger partial charge is 0.376 e. The van der Waals surface area contributed by atoms with Gasteiger partial charge in [-0.25, -0.2) is 0 Å². The standard InChI is InChI=1S/C18H14F3N3O3S/c1-9-22-16(27-24-9)14-12-5-6-26-8-13(12)28-17(14)23-15(25)10-3-2-4-11(7-10)18(19,20)21/h2-4,7H,5-6,8H2,1H3,(H,23,25). The summed E-state index contributed by atoms with van der Waals surface area (Å²) in [4.78, 5) is 17.8. The fourth-order valence-electron chi connectivity index (χ4n) is 2.96. The molecule has 1 aliphatic rings. The zero-order valence-electron chi connectivity index (χ0n) is 14.6. The second-order valence-corrected chi connectivity index (χ2v) is 7.30. The van der Waals surface area contributed by atoms with Crippen LogP contribution in [0, 0.1) is 6.92 Å². The van der Waals surface area contributed by atoms with E-state index in [1.54, 1.807) is 6.92 Å². The number of nitrogens with one attached hydrogen (secondary N) is 1. The van der Waals surface area contributed by atoms with Gasteiger partial charge in [0, 0.05) is 10.4 Å². The van der Waals surface area contributed by atoms with E-state index in [4.69, 9.17) is 9.26 Å². The fraction of sp³-hybridized carbons (Fsp3) is 0.278. The molecule has 1 aliphatic heterocycles. The molecule has 3 heterocycles. The number of carbonyl (C=O) groups is 1. The van der Waals surface area contributed by atoms with Crippen LogP contribution >= 0.6 is 11.3 Å². The van der Waals surface area contributed by atoms with Crippen molar-refractivity contribution >= 4 is 22.2 Å². The van der Waals surface area contributed by atoms with Gasteiger partial charge in [0.2, 0.25) is 0 Å². The van der Waals surface area contributed by atoms with Crippen LogP contribution in [0.15, 0.2) is 28.8 Å². The van der Waals surface area contributed by atoms with E-state index in [2.05, 4.69) is 15.5 Å². The molecule has 1 aromatic carbocycles. The highest BCUT2D eigenvalue weighted by Crippen LogP contribution is 2.42. The third-order valence-electron chi connectivity index (χ3n) is 4.24. The first kappa shape index (κ1) is 18.6. The van der Waals surface area contributed by atoms with Gasteiger partial charge in [-0.1, -0.05) is 11.2 Å². The largest absolute Gasteiger partial charge is 0.416 e. The number of anilines is 1. The molecule has 0 aliphatic carbocycles. The molecule has 3 aromatic rings. The molecular weight excluding hydrogens is 395 g/mol. The second-order valence-electron chi connectivity index (χ2n) is 6.19. The van der Waals surface area contributed by atoms with Crippen LogP contribution in [0.5, 0.6) is 0 Å². The first-order valence-corrected chi connectivity index (χ1v) is 9.16. The number of thiophene rings is 1. The zero-order valence-corrected chi connectivity index (χ0v) is 15.4. The van der Waals surface area contributed by atoms with Crippen LogP contribution in [0.3, 0.4) is 0 Å². The molecule has 0 saturated heterocycles. The molecule has 0 radical (unpaired) electrons. The van der Waals surface area contributed by atoms with Gasteiger partial charge in [-0.3, -0.25) is 4.79 Å². The van der Waals surface area contributed by atoms with Crippen LogP contribution in [-0.2, 0) is 23.9 Å². The van der Waals surface area contributed by atoms with Gasteiger partial charge in [-0.15, -0.1) is 11.3 Å². The molecule has 0 unspecified atom stereocenters. The summed E-state index contributed by atoms with van der Waals surface area (Å²) in [7, 11) is 0. The van der Waals surface area contributed by atoms with Crippen LogP contribution < -0.4 is 5.32 Å². The first-order valence-electron chi connectivity index (χ1n) is 8.34. The molecule has 0 atom stereocenters. The third kappa shape index (κ3) is 3.52. The molecule has 0 bridgehead atoms. The number of ether oxygens (including phenoxy) is 1. The Hall–Kier alpha value is -2.72. The van der Waals surface area contributed by atoms with E-state index in [0.29, 0.717) is 36.0 Å². The lowest BCUT2D eigenvalue weighted by atomic mass is 10.1. The number of hydrogen-bond donors (Lipinski definition) is 1. The molecule has 0 spiro atoms. The van der Waals surface area contributed by atoms with Crippen LogP contribution in [0.1, 0.15) is 32.2 Å². The first-order chi connectivity index (χ1) is 13.3. The summed E-state index contributed by atoms with van der Waals surface area (Å²) in [6.45, 7) is 2.58. The van der Waals surface area contributed by atoms with Crippen LogP contribution in [0.25, 0.3) is 11.5 Å². The van der Waals surface area contributed by atoms with Gasteiger partial charge >= 0.3 is 6.18 Å². The number of fused-ring (bicyclic) bond motifs is 1. The molecule has 0 fully saturated rings. The lowest BCUT2D eigenvalue weighted by molar-refractivity contribution is -0.137. The van der Waals surface area contributed by atoms with Crippen LogP contribution in [0.4, 0.5) is 18.2 Å². The van der Waals surface area contributed by atoms with Gasteiger partial charge in [0.25, 0.3) is 11.8 Å². The number of hydrogen-bond acceptors (Lipinski definition) is 6. The minimum absolute atomic E-state index is 0.0925. The highest BCUT2D eigenvalue weighted by molar-refractivity contribution is 7.17. The summed E-state index contributed by atoms with van der Waals surface area (Å²) >= 11 is 1.29. The molecule has 4 rings (SSSR count). The Balaban J connectivity index is 1.70. The second kappa shape index (κ2) is 7.02. The summed E-state index contributed by atoms with van der Waals surface area (Å²) in [5, 5.41) is 6.93. The molecule has 6 nitrogen and oxygen atoms in total. The third-order valence-corrected chi connectivity index (χ3v) is 5.36. The number of rotatable bonds is 3. The molecule has 28 heavy (non-hydrogen) atoms. The van der Waals surface area contributed by atoms with Gasteiger partial charge in [0.15, 0.2) is 5.82 Å². The summed E-state index contributed by atoms with van der Waals surface area (Å²) in [5.41, 5.74) is 0.570. The van der Waals surface area contributed by atoms with Gasteiger partial charge < -0.3 is 14.6 Å². The normalized spacial score (nSPS) is 14.0. The zero-order chi connectivity index (χ0) is 19.9. The van der Waals surface area contributed by atoms with Crippen LogP contribution in [-0.4, -0.2) is 22.7 Å². The van der Waals surface area contributed by atoms with Gasteiger partial charge in [-0.2, -0.15) is 18.2 Å². The highest BCUT2D eigenvalue weighted by Gasteiger charge is 2.31. The molecule has 0 saturated carbocycles. The minimum atomic E-state index is -4.53. The van der Waals surface area contributed by atoms with E-state index in [0.717, 1.165) is 22.6 Å². The van der Waals surface area contributed by atoms with Gasteiger partial charge in [-0.05, 0) is 37.1 Å². The van der Waals surface area contributed by atoms with Crippen molar-refractivity contribution in [2.24, 2.45) is 0 Å². The van der Waals surface area contributed by atoms with E-state index in [-0.39, 0.29) is 11.5 Å². The number of alkyl halides is 3. The molecule has 1 N–H and O–H groups in total. The highest BCUT2D eigenvalue weighted by atomic mass is 32.1. The van der Waals surface area contributed by atoms with Crippen molar-refractivity contribution in [2.45, 2.75) is 26.1 Å². The van der Waals surface area contributed by atoms with Crippen LogP contribution in [0.2, 0.25) is 0 Å². The average Bonchev–Trinajstić information content (AvgIpc) is 3.23. The molecular formula is C18H14F3N3O3S. The van der Waals surface area contributed by atoms with E-state index in [1.807, 2.05) is 0 Å². The molecule has 146 valence electrons. The summed E-state index contributed by atoms with van der Waals surface area (Å²) < 4.78 is 49.5. The van der Waals surface area contributed by atoms with Crippen molar-refractivity contribution < 1.29 is 27.2 Å². The lowest BCUT2D eigenvalue weighted by Crippen LogP contribution is -2.14. The van der Waals surface area contributed by atoms with E-state index in [9.17, 15) is 18.0 Å². The minimum Gasteiger partial charge on any atom is -0.376 e. The summed E-state index contributed by atoms with van der Waals surface area (Å²) in [5.74, 6) is 0.0523. The van der Waals surface area contributed by atoms with Crippen molar-refractivity contribution in [3.8, 4) is 11.5 Å². The van der Waals surface area contributed by atoms with Crippen molar-refractivity contribution in [3.05, 3.63) is 51.7 Å². The quantitative estimate of drug-likeness (QED) is 0.692. The Labute approximate surface area is 161 Å². The SMILES string of the molecule is Cc1noc(-c2c(NC(=O)c3cccc(C(F)(F)F)c3)sc3c2CCOC3)n1. The van der Waals surface area contributed by atoms with E-state index in [1.165, 1.54) is 23.5 Å². The number of benzene rings is 1. The fourth-order valence-corrected chi connectivity index (χ4v) is 4.13. The predicted octanol–water partition coefficient (Wildman–Crippen LogP) is 4.45. The number of nitrogens with zero attached hydrogens (tertiary/aromatic N) is 2. The molecule has 10 heteroatoms. The van der Waals surface area contributed by atoms with Crippen molar-refractivity contribution in [2.75, 3.05) is 11.9 Å². The predicted molar refractivity (Wildman–Crippen MR) is 95.1 cm³/mol. The topological polar surface area (TPSA) is 77.2 Å².